The van der Waals surface area contributed by atoms with Gasteiger partial charge in [-0.3, -0.25) is 0 Å². The van der Waals surface area contributed by atoms with Gasteiger partial charge in [0, 0.05) is 30.6 Å². The lowest BCUT2D eigenvalue weighted by atomic mass is 10.3. The van der Waals surface area contributed by atoms with Crippen molar-refractivity contribution in [2.45, 2.75) is 25.3 Å². The predicted octanol–water partition coefficient (Wildman–Crippen LogP) is 1.97. The minimum Gasteiger partial charge on any atom is -0.313 e. The van der Waals surface area contributed by atoms with E-state index in [1.165, 1.54) is 37.2 Å². The molecular formula is C12H20N2S. The second-order valence-electron chi connectivity index (χ2n) is 4.36. The summed E-state index contributed by atoms with van der Waals surface area (Å²) in [5.41, 5.74) is 0. The number of hydrogen-bond acceptors (Lipinski definition) is 3. The van der Waals surface area contributed by atoms with Crippen molar-refractivity contribution in [2.75, 3.05) is 26.7 Å². The Balaban J connectivity index is 1.53. The molecule has 0 unspecified atom stereocenters. The summed E-state index contributed by atoms with van der Waals surface area (Å²) in [5, 5.41) is 5.70. The Kier molecular flexibility index (Phi) is 4.18. The van der Waals surface area contributed by atoms with Gasteiger partial charge in [-0.2, -0.15) is 0 Å². The lowest BCUT2D eigenvalue weighted by molar-refractivity contribution is 0.336. The molecule has 1 aliphatic carbocycles. The average molecular weight is 224 g/mol. The van der Waals surface area contributed by atoms with Crippen LogP contribution < -0.4 is 5.32 Å². The molecule has 0 radical (unpaired) electrons. The molecule has 0 aromatic carbocycles. The van der Waals surface area contributed by atoms with Gasteiger partial charge >= 0.3 is 0 Å². The van der Waals surface area contributed by atoms with E-state index in [0.717, 1.165) is 12.6 Å². The fourth-order valence-electron chi connectivity index (χ4n) is 1.61. The van der Waals surface area contributed by atoms with Gasteiger partial charge in [0.05, 0.1) is 0 Å². The van der Waals surface area contributed by atoms with Gasteiger partial charge in [0.15, 0.2) is 0 Å². The van der Waals surface area contributed by atoms with Crippen LogP contribution in [0.3, 0.4) is 0 Å². The van der Waals surface area contributed by atoms with E-state index < -0.39 is 0 Å². The van der Waals surface area contributed by atoms with Crippen molar-refractivity contribution in [3.8, 4) is 0 Å². The Morgan fingerprint density at radius 3 is 3.00 bits per heavy atom. The van der Waals surface area contributed by atoms with Crippen LogP contribution in [0.4, 0.5) is 0 Å². The predicted molar refractivity (Wildman–Crippen MR) is 66.5 cm³/mol. The van der Waals surface area contributed by atoms with E-state index in [4.69, 9.17) is 0 Å². The van der Waals surface area contributed by atoms with Crippen LogP contribution in [0.5, 0.6) is 0 Å². The van der Waals surface area contributed by atoms with Crippen LogP contribution in [0.15, 0.2) is 17.5 Å². The third kappa shape index (κ3) is 4.33. The van der Waals surface area contributed by atoms with Crippen molar-refractivity contribution in [2.24, 2.45) is 0 Å². The highest BCUT2D eigenvalue weighted by Crippen LogP contribution is 2.17. The molecule has 1 fully saturated rings. The molecule has 84 valence electrons. The van der Waals surface area contributed by atoms with E-state index in [0.29, 0.717) is 0 Å². The van der Waals surface area contributed by atoms with Crippen molar-refractivity contribution in [3.05, 3.63) is 22.4 Å². The van der Waals surface area contributed by atoms with E-state index in [9.17, 15) is 0 Å². The summed E-state index contributed by atoms with van der Waals surface area (Å²) in [5.74, 6) is 0. The Hall–Kier alpha value is -0.380. The third-order valence-electron chi connectivity index (χ3n) is 2.82. The fraction of sp³-hybridized carbons (Fsp3) is 0.667. The quantitative estimate of drug-likeness (QED) is 0.762. The number of nitrogens with one attached hydrogen (secondary N) is 1. The van der Waals surface area contributed by atoms with Gasteiger partial charge in [0.25, 0.3) is 0 Å². The van der Waals surface area contributed by atoms with E-state index in [2.05, 4.69) is 34.8 Å². The van der Waals surface area contributed by atoms with Gasteiger partial charge in [0.1, 0.15) is 0 Å². The van der Waals surface area contributed by atoms with Crippen LogP contribution in [-0.2, 0) is 6.42 Å². The summed E-state index contributed by atoms with van der Waals surface area (Å²) in [7, 11) is 2.21. The first-order valence-corrected chi connectivity index (χ1v) is 6.67. The SMILES string of the molecule is CN(CCNC1CC1)CCc1cccs1. The first-order chi connectivity index (χ1) is 7.34. The number of rotatable bonds is 7. The Morgan fingerprint density at radius 1 is 1.47 bits per heavy atom. The fourth-order valence-corrected chi connectivity index (χ4v) is 2.31. The van der Waals surface area contributed by atoms with Crippen molar-refractivity contribution in [1.29, 1.82) is 0 Å². The van der Waals surface area contributed by atoms with E-state index in [1.54, 1.807) is 0 Å². The molecule has 1 aromatic heterocycles. The summed E-state index contributed by atoms with van der Waals surface area (Å²) >= 11 is 1.86. The molecule has 0 spiro atoms. The maximum Gasteiger partial charge on any atom is 0.0104 e. The van der Waals surface area contributed by atoms with Crippen LogP contribution in [0.2, 0.25) is 0 Å². The lowest BCUT2D eigenvalue weighted by Gasteiger charge is -2.16. The van der Waals surface area contributed by atoms with Gasteiger partial charge < -0.3 is 10.2 Å². The largest absolute Gasteiger partial charge is 0.313 e. The molecule has 15 heavy (non-hydrogen) atoms. The number of nitrogens with zero attached hydrogens (tertiary/aromatic N) is 1. The number of hydrogen-bond donors (Lipinski definition) is 1. The van der Waals surface area contributed by atoms with E-state index in [1.807, 2.05) is 11.3 Å². The number of likely N-dealkylation sites (N-methyl/N-ethyl adjacent to an activating group) is 1. The zero-order chi connectivity index (χ0) is 10.5. The van der Waals surface area contributed by atoms with Gasteiger partial charge in [-0.25, -0.2) is 0 Å². The Morgan fingerprint density at radius 2 is 2.33 bits per heavy atom. The summed E-state index contributed by atoms with van der Waals surface area (Å²) < 4.78 is 0. The normalized spacial score (nSPS) is 16.1. The number of thiophene rings is 1. The Labute approximate surface area is 96.3 Å². The highest BCUT2D eigenvalue weighted by molar-refractivity contribution is 7.09. The maximum atomic E-state index is 3.54. The van der Waals surface area contributed by atoms with Crippen LogP contribution >= 0.6 is 11.3 Å². The molecule has 1 aliphatic rings. The summed E-state index contributed by atoms with van der Waals surface area (Å²) in [4.78, 5) is 3.91. The monoisotopic (exact) mass is 224 g/mol. The topological polar surface area (TPSA) is 15.3 Å². The molecule has 0 saturated heterocycles. The van der Waals surface area contributed by atoms with E-state index >= 15 is 0 Å². The molecule has 0 atom stereocenters. The highest BCUT2D eigenvalue weighted by Gasteiger charge is 2.19. The van der Waals surface area contributed by atoms with Gasteiger partial charge in [0.2, 0.25) is 0 Å². The van der Waals surface area contributed by atoms with Crippen LogP contribution in [0, 0.1) is 0 Å². The van der Waals surface area contributed by atoms with Crippen molar-refractivity contribution in [1.82, 2.24) is 10.2 Å². The third-order valence-corrected chi connectivity index (χ3v) is 3.76. The minimum atomic E-state index is 0.843. The van der Waals surface area contributed by atoms with E-state index in [-0.39, 0.29) is 0 Å². The molecule has 1 N–H and O–H groups in total. The zero-order valence-electron chi connectivity index (χ0n) is 9.41. The van der Waals surface area contributed by atoms with Gasteiger partial charge in [-0.1, -0.05) is 6.07 Å². The molecule has 1 heterocycles. The summed E-state index contributed by atoms with van der Waals surface area (Å²) in [6, 6.07) is 5.20. The molecule has 0 amide bonds. The molecule has 1 saturated carbocycles. The molecule has 2 rings (SSSR count). The molecule has 2 nitrogen and oxygen atoms in total. The van der Waals surface area contributed by atoms with Gasteiger partial charge in [-0.15, -0.1) is 11.3 Å². The van der Waals surface area contributed by atoms with Crippen molar-refractivity contribution < 1.29 is 0 Å². The van der Waals surface area contributed by atoms with Crippen LogP contribution in [0.25, 0.3) is 0 Å². The van der Waals surface area contributed by atoms with Crippen LogP contribution in [0.1, 0.15) is 17.7 Å². The highest BCUT2D eigenvalue weighted by atomic mass is 32.1. The lowest BCUT2D eigenvalue weighted by Crippen LogP contribution is -2.31. The van der Waals surface area contributed by atoms with Crippen molar-refractivity contribution in [3.63, 3.8) is 0 Å². The zero-order valence-corrected chi connectivity index (χ0v) is 10.2. The first-order valence-electron chi connectivity index (χ1n) is 5.79. The van der Waals surface area contributed by atoms with Crippen molar-refractivity contribution >= 4 is 11.3 Å². The molecule has 3 heteroatoms. The Bertz CT molecular complexity index is 267. The second kappa shape index (κ2) is 5.64. The average Bonchev–Trinajstić information content (AvgIpc) is 2.91. The smallest absolute Gasteiger partial charge is 0.0104 e. The standard InChI is InChI=1S/C12H20N2S/c1-14(9-7-13-11-4-5-11)8-6-12-3-2-10-15-12/h2-3,10-11,13H,4-9H2,1H3. The first kappa shape index (κ1) is 11.1. The molecular weight excluding hydrogens is 204 g/mol. The summed E-state index contributed by atoms with van der Waals surface area (Å²) in [6.45, 7) is 3.49. The molecule has 0 aliphatic heterocycles. The molecule has 0 bridgehead atoms. The second-order valence-corrected chi connectivity index (χ2v) is 5.39. The molecule has 1 aromatic rings. The van der Waals surface area contributed by atoms with Gasteiger partial charge in [-0.05, 0) is 37.8 Å². The van der Waals surface area contributed by atoms with Crippen LogP contribution in [-0.4, -0.2) is 37.6 Å². The minimum absolute atomic E-state index is 0.843. The maximum absolute atomic E-state index is 3.54. The summed E-state index contributed by atoms with van der Waals surface area (Å²) in [6.07, 6.45) is 3.97.